The van der Waals surface area contributed by atoms with Gasteiger partial charge in [0.1, 0.15) is 11.6 Å². The number of ether oxygens (including phenoxy) is 6. The topological polar surface area (TPSA) is 290 Å². The Bertz CT molecular complexity index is 3120. The molecule has 2 saturated heterocycles. The first-order valence-corrected chi connectivity index (χ1v) is 44.3. The van der Waals surface area contributed by atoms with Crippen LogP contribution in [0.4, 0.5) is 35.1 Å². The van der Waals surface area contributed by atoms with Crippen LogP contribution < -0.4 is 0 Å². The standard InChI is InChI=1S/C25H42F2O6.2C21H32F2O4S.C21H30F2O4.CH4O/c1-3-4-5-10-14-24(26,27)25(32-16-17-33-25)15-13-20-19(21(28)18-22(20)29)11-8-6-7-9-12-23(30)31-2;1-3-4-12-20(22,23)21(26)13-11-16-15(17(24)14-18(16)28-21)9-7-5-6-8-10-19(25)27-2;1-3-4-13-21(22,23)19(25)12-11-16-15(17(24)14-18(16)28)9-7-5-6-8-10-20(26)27-2;1-3-4-15-21(22,23)19(25)14-12-16-11-13-18(24)17(16)9-7-5-6-8-10-20(26)27-2;1-2/h6,8,19-22,28-29H,3-5,7,9-18H2,1-2H3;5,7,15-16,18,26H,3-4,6,8-14H2,1-2H3;5,7,15-16,18,28H,3-4,6,8-14H2,1-2H3;5,7,11,13,16-17H,3-4,6,8-10,12,14-15H2,1-2H3;2H,1H3/b8-6-;3*7-5-;/t19-,20?,21+,22-;15-,16-,18-,21?;15-,16?,18-;16?,17-;/m1111./s1. The Morgan fingerprint density at radius 3 is 1.41 bits per heavy atom. The molecule has 29 heteroatoms. The van der Waals surface area contributed by atoms with Crippen molar-refractivity contribution >= 4 is 77.2 Å². The molecule has 6 rings (SSSR count). The first-order chi connectivity index (χ1) is 56.0. The summed E-state index contributed by atoms with van der Waals surface area (Å²) in [5.41, 5.74) is 0. The number of esters is 4. The number of aliphatic hydroxyl groups excluding tert-OH is 3. The van der Waals surface area contributed by atoms with Crippen LogP contribution in [0.25, 0.3) is 0 Å². The van der Waals surface area contributed by atoms with E-state index in [1.807, 2.05) is 76.3 Å². The monoisotopic (exact) mass is 1730 g/mol. The zero-order valence-electron chi connectivity index (χ0n) is 71.4. The molecule has 0 aromatic heterocycles. The van der Waals surface area contributed by atoms with Crippen molar-refractivity contribution in [2.75, 3.05) is 48.8 Å². The van der Waals surface area contributed by atoms with Gasteiger partial charge in [-0.2, -0.15) is 30.2 Å². The molecule has 0 radical (unpaired) electrons. The zero-order chi connectivity index (χ0) is 88.6. The quantitative estimate of drug-likeness (QED) is 0.00944. The SMILES string of the molecule is CCCCC(F)(F)C(=O)CCC1C=CC(=O)[C@@H]1C/C=C\CCCC(=O)OC.CCCCC(F)(F)C(=O)CCC1[C@H](S)CC(=O)[C@@H]1C/C=C\CCCC(=O)OC.CCCCC(F)(F)C1(O)CC[C@H]2[C@@H](CC(=O)[C@@H]2C/C=C\CCCC(=O)OC)S1.CCCCCCC(F)(F)C1(CCC2[C@H](O)C[C@H](O)[C@@H]2C/C=C\CCCC(=O)OC)OCCO1.CO. The molecular weight excluding hydrogens is 1590 g/mol. The third-order valence-electron chi connectivity index (χ3n) is 23.2. The molecule has 0 bridgehead atoms. The van der Waals surface area contributed by atoms with E-state index in [1.165, 1.54) is 34.5 Å². The average molecular weight is 1730 g/mol. The third kappa shape index (κ3) is 37.9. The predicted molar refractivity (Wildman–Crippen MR) is 442 cm³/mol. The van der Waals surface area contributed by atoms with Crippen molar-refractivity contribution in [1.82, 2.24) is 0 Å². The lowest BCUT2D eigenvalue weighted by molar-refractivity contribution is -0.297. The number of thiol groups is 1. The van der Waals surface area contributed by atoms with Gasteiger partial charge in [-0.15, -0.1) is 11.8 Å². The molecule has 118 heavy (non-hydrogen) atoms. The third-order valence-corrected chi connectivity index (χ3v) is 25.5. The number of carbonyl (C=O) groups excluding carboxylic acids is 9. The van der Waals surface area contributed by atoms with Crippen LogP contribution in [0.5, 0.6) is 0 Å². The highest BCUT2D eigenvalue weighted by molar-refractivity contribution is 8.01. The summed E-state index contributed by atoms with van der Waals surface area (Å²) in [6.07, 6.45) is 32.7. The molecule has 19 nitrogen and oxygen atoms in total. The van der Waals surface area contributed by atoms with Gasteiger partial charge in [-0.05, 0) is 177 Å². The maximum atomic E-state index is 15.2. The highest BCUT2D eigenvalue weighted by Gasteiger charge is 2.60. The Hall–Kier alpha value is -5.17. The van der Waals surface area contributed by atoms with Gasteiger partial charge in [0.25, 0.3) is 5.92 Å². The minimum absolute atomic E-state index is 0.0123. The Morgan fingerprint density at radius 1 is 0.508 bits per heavy atom. The van der Waals surface area contributed by atoms with Crippen LogP contribution in [0.2, 0.25) is 0 Å². The van der Waals surface area contributed by atoms with Crippen LogP contribution in [0, 0.1) is 47.3 Å². The molecule has 0 aromatic carbocycles. The maximum absolute atomic E-state index is 15.2. The van der Waals surface area contributed by atoms with Crippen molar-refractivity contribution in [3.63, 3.8) is 0 Å². The van der Waals surface area contributed by atoms with E-state index in [1.54, 1.807) is 6.08 Å². The van der Waals surface area contributed by atoms with Crippen molar-refractivity contribution in [1.29, 1.82) is 0 Å². The lowest BCUT2D eigenvalue weighted by atomic mass is 9.84. The van der Waals surface area contributed by atoms with Gasteiger partial charge in [-0.25, -0.2) is 17.6 Å². The molecule has 678 valence electrons. The number of rotatable bonds is 51. The summed E-state index contributed by atoms with van der Waals surface area (Å²) in [5, 5.41) is 38.2. The summed E-state index contributed by atoms with van der Waals surface area (Å²) < 4.78 is 144. The minimum Gasteiger partial charge on any atom is -0.469 e. The zero-order valence-corrected chi connectivity index (χ0v) is 73.1. The molecule has 2 heterocycles. The van der Waals surface area contributed by atoms with Gasteiger partial charge in [0.2, 0.25) is 17.4 Å². The second kappa shape index (κ2) is 58.0. The lowest BCUT2D eigenvalue weighted by Crippen LogP contribution is -2.50. The van der Waals surface area contributed by atoms with Gasteiger partial charge in [-0.3, -0.25) is 43.2 Å². The van der Waals surface area contributed by atoms with Crippen molar-refractivity contribution < 1.29 is 127 Å². The van der Waals surface area contributed by atoms with Crippen LogP contribution >= 0.6 is 24.4 Å². The van der Waals surface area contributed by atoms with E-state index in [0.717, 1.165) is 44.6 Å². The number of thioether (sulfide) groups is 1. The molecule has 0 amide bonds. The number of ketones is 5. The smallest absolute Gasteiger partial charge is 0.305 e. The summed E-state index contributed by atoms with van der Waals surface area (Å²) in [5.74, 6) is -19.1. The van der Waals surface area contributed by atoms with Gasteiger partial charge >= 0.3 is 41.6 Å². The fraction of sp³-hybridized carbons (Fsp3) is 0.787. The number of allylic oxidation sites excluding steroid dienone is 10. The van der Waals surface area contributed by atoms with Crippen LogP contribution in [-0.2, 0) is 71.6 Å². The number of carbonyl (C=O) groups is 9. The van der Waals surface area contributed by atoms with Crippen molar-refractivity contribution in [3.8, 4) is 0 Å². The molecule has 0 spiro atoms. The highest BCUT2D eigenvalue weighted by atomic mass is 32.2. The maximum Gasteiger partial charge on any atom is 0.305 e. The lowest BCUT2D eigenvalue weighted by Gasteiger charge is -2.43. The van der Waals surface area contributed by atoms with E-state index >= 15 is 8.78 Å². The van der Waals surface area contributed by atoms with Crippen LogP contribution in [0.15, 0.2) is 60.8 Å². The molecular formula is C89H140F8O19S2. The van der Waals surface area contributed by atoms with E-state index in [0.29, 0.717) is 161 Å². The number of hydrogen-bond donors (Lipinski definition) is 5. The van der Waals surface area contributed by atoms with E-state index in [4.69, 9.17) is 14.6 Å². The number of hydrogen-bond acceptors (Lipinski definition) is 21. The Balaban J connectivity index is 0.000000531. The van der Waals surface area contributed by atoms with Crippen LogP contribution in [-0.4, -0.2) is 179 Å². The molecule has 5 fully saturated rings. The first kappa shape index (κ1) is 109. The highest BCUT2D eigenvalue weighted by Crippen LogP contribution is 2.57. The van der Waals surface area contributed by atoms with Crippen molar-refractivity contribution in [2.24, 2.45) is 47.3 Å². The Morgan fingerprint density at radius 2 is 0.932 bits per heavy atom. The molecule has 4 N–H and O–H groups in total. The summed E-state index contributed by atoms with van der Waals surface area (Å²) in [4.78, 5) is 103. The van der Waals surface area contributed by atoms with E-state index < -0.39 is 71.0 Å². The number of unbranched alkanes of at least 4 members (excludes halogenated alkanes) is 10. The van der Waals surface area contributed by atoms with Gasteiger partial charge in [0.05, 0.1) is 53.9 Å². The van der Waals surface area contributed by atoms with Gasteiger partial charge in [0.15, 0.2) is 10.7 Å². The summed E-state index contributed by atoms with van der Waals surface area (Å²) in [6.45, 7) is 7.79. The second-order valence-corrected chi connectivity index (χ2v) is 33.9. The molecule has 13 atom stereocenters. The molecule has 4 unspecified atom stereocenters. The van der Waals surface area contributed by atoms with Gasteiger partial charge in [-0.1, -0.05) is 121 Å². The van der Waals surface area contributed by atoms with E-state index in [2.05, 4.69) is 31.6 Å². The number of methoxy groups -OCH3 is 4. The second-order valence-electron chi connectivity index (χ2n) is 31.7. The number of Topliss-reactive ketones (excluding diaryl/α,β-unsaturated/α-hetero) is 4. The van der Waals surface area contributed by atoms with E-state index in [-0.39, 0.29) is 176 Å². The molecule has 2 aliphatic heterocycles. The van der Waals surface area contributed by atoms with Crippen molar-refractivity contribution in [3.05, 3.63) is 60.8 Å². The molecule has 6 aliphatic rings. The van der Waals surface area contributed by atoms with Crippen LogP contribution in [0.1, 0.15) is 291 Å². The average Bonchev–Trinajstić information content (AvgIpc) is 1.10. The Kier molecular flexibility index (Phi) is 53.6. The fourth-order valence-electron chi connectivity index (χ4n) is 15.9. The molecule has 4 aliphatic carbocycles. The molecule has 3 saturated carbocycles. The number of alkyl halides is 8. The van der Waals surface area contributed by atoms with Crippen molar-refractivity contribution in [2.45, 2.75) is 348 Å². The predicted octanol–water partition coefficient (Wildman–Crippen LogP) is 19.0. The fourth-order valence-corrected chi connectivity index (χ4v) is 18.2. The largest absolute Gasteiger partial charge is 0.469 e. The molecule has 0 aromatic rings. The van der Waals surface area contributed by atoms with Gasteiger partial charge in [0, 0.05) is 119 Å². The summed E-state index contributed by atoms with van der Waals surface area (Å²) in [6, 6.07) is 0. The summed E-state index contributed by atoms with van der Waals surface area (Å²) in [7, 11) is 6.42. The number of fused-ring (bicyclic) bond motifs is 1. The first-order valence-electron chi connectivity index (χ1n) is 42.9. The Labute approximate surface area is 705 Å². The van der Waals surface area contributed by atoms with Crippen LogP contribution in [0.3, 0.4) is 0 Å². The minimum atomic E-state index is -3.28. The number of halogens is 8. The van der Waals surface area contributed by atoms with E-state index in [9.17, 15) is 84.8 Å². The summed E-state index contributed by atoms with van der Waals surface area (Å²) >= 11 is 5.39. The number of aliphatic hydroxyl groups is 4. The normalized spacial score (nSPS) is 24.9. The van der Waals surface area contributed by atoms with Gasteiger partial charge < -0.3 is 48.8 Å².